The Morgan fingerprint density at radius 2 is 1.96 bits per heavy atom. The van der Waals surface area contributed by atoms with Crippen LogP contribution in [-0.2, 0) is 0 Å². The number of benzene rings is 2. The third-order valence-corrected chi connectivity index (χ3v) is 3.82. The largest absolute Gasteiger partial charge is 0.453 e. The molecule has 0 bridgehead atoms. The third-order valence-electron chi connectivity index (χ3n) is 3.82. The average molecular weight is 318 g/mol. The standard InChI is InChI=1S/C17H10N4O3/c1-2-4-13-11(3-1)19-16-14(24-13)6-5-10(12-9-23-21-20-12)15(16)17-18-7-8-22-17/h1-9,19H. The number of para-hydroxylation sites is 2. The third kappa shape index (κ3) is 1.88. The summed E-state index contributed by atoms with van der Waals surface area (Å²) in [5.74, 6) is 1.90. The summed E-state index contributed by atoms with van der Waals surface area (Å²) < 4.78 is 16.4. The molecular formula is C17H10N4O3. The van der Waals surface area contributed by atoms with Crippen LogP contribution in [0.5, 0.6) is 11.5 Å². The molecule has 0 saturated carbocycles. The Labute approximate surface area is 135 Å². The molecule has 0 fully saturated rings. The van der Waals surface area contributed by atoms with Gasteiger partial charge in [0.05, 0.1) is 23.1 Å². The van der Waals surface area contributed by atoms with Crippen molar-refractivity contribution >= 4 is 11.4 Å². The van der Waals surface area contributed by atoms with E-state index < -0.39 is 0 Å². The van der Waals surface area contributed by atoms with Gasteiger partial charge in [0.15, 0.2) is 17.8 Å². The second-order valence-corrected chi connectivity index (χ2v) is 5.21. The predicted octanol–water partition coefficient (Wildman–Crippen LogP) is 4.24. The Kier molecular flexibility index (Phi) is 2.66. The first-order valence-corrected chi connectivity index (χ1v) is 7.28. The van der Waals surface area contributed by atoms with Crippen LogP contribution in [0.25, 0.3) is 22.7 Å². The lowest BCUT2D eigenvalue weighted by Crippen LogP contribution is -2.05. The lowest BCUT2D eigenvalue weighted by molar-refractivity contribution is 0.393. The van der Waals surface area contributed by atoms with Crippen LogP contribution in [0.1, 0.15) is 0 Å². The van der Waals surface area contributed by atoms with Crippen LogP contribution in [0.2, 0.25) is 0 Å². The number of nitrogens with one attached hydrogen (secondary N) is 1. The molecule has 7 heteroatoms. The zero-order valence-electron chi connectivity index (χ0n) is 12.3. The fourth-order valence-corrected chi connectivity index (χ4v) is 2.77. The molecule has 7 nitrogen and oxygen atoms in total. The number of hydrogen-bond donors (Lipinski definition) is 1. The van der Waals surface area contributed by atoms with Crippen LogP contribution in [0.4, 0.5) is 11.4 Å². The van der Waals surface area contributed by atoms with Gasteiger partial charge in [-0.2, -0.15) is 0 Å². The Hall–Kier alpha value is -3.61. The molecule has 1 aliphatic heterocycles. The van der Waals surface area contributed by atoms with Gasteiger partial charge in [-0.25, -0.2) is 4.98 Å². The van der Waals surface area contributed by atoms with E-state index in [0.717, 1.165) is 28.3 Å². The van der Waals surface area contributed by atoms with E-state index in [-0.39, 0.29) is 0 Å². The van der Waals surface area contributed by atoms with Crippen LogP contribution in [0.3, 0.4) is 0 Å². The van der Waals surface area contributed by atoms with E-state index >= 15 is 0 Å². The van der Waals surface area contributed by atoms with Gasteiger partial charge in [-0.05, 0) is 24.3 Å². The molecule has 24 heavy (non-hydrogen) atoms. The summed E-state index contributed by atoms with van der Waals surface area (Å²) in [5.41, 5.74) is 3.74. The molecule has 3 heterocycles. The maximum Gasteiger partial charge on any atom is 0.228 e. The Morgan fingerprint density at radius 3 is 2.79 bits per heavy atom. The molecule has 2 aromatic carbocycles. The lowest BCUT2D eigenvalue weighted by Gasteiger charge is -2.24. The second kappa shape index (κ2) is 4.95. The fourth-order valence-electron chi connectivity index (χ4n) is 2.77. The van der Waals surface area contributed by atoms with Gasteiger partial charge in [0.25, 0.3) is 0 Å². The number of oxazole rings is 1. The highest BCUT2D eigenvalue weighted by Gasteiger charge is 2.26. The molecule has 0 atom stereocenters. The number of aromatic nitrogens is 3. The SMILES string of the molecule is c1ccc2c(c1)Nc1c(ccc(-c3conn3)c1-c1ncco1)O2. The van der Waals surface area contributed by atoms with Gasteiger partial charge in [-0.1, -0.05) is 12.1 Å². The van der Waals surface area contributed by atoms with Gasteiger partial charge < -0.3 is 19.0 Å². The van der Waals surface area contributed by atoms with Crippen molar-refractivity contribution in [3.05, 3.63) is 55.1 Å². The van der Waals surface area contributed by atoms with Crippen LogP contribution < -0.4 is 10.1 Å². The average Bonchev–Trinajstić information content (AvgIpc) is 3.32. The molecule has 0 spiro atoms. The zero-order chi connectivity index (χ0) is 15.9. The van der Waals surface area contributed by atoms with Gasteiger partial charge in [0.1, 0.15) is 12.0 Å². The number of hydrogen-bond acceptors (Lipinski definition) is 7. The number of rotatable bonds is 2. The molecule has 0 unspecified atom stereocenters. The van der Waals surface area contributed by atoms with Crippen molar-refractivity contribution in [2.24, 2.45) is 0 Å². The number of nitrogens with zero attached hydrogens (tertiary/aromatic N) is 3. The van der Waals surface area contributed by atoms with Crippen LogP contribution in [-0.4, -0.2) is 15.4 Å². The minimum Gasteiger partial charge on any atom is -0.453 e. The molecule has 1 N–H and O–H groups in total. The summed E-state index contributed by atoms with van der Waals surface area (Å²) in [7, 11) is 0. The molecule has 4 aromatic rings. The van der Waals surface area contributed by atoms with E-state index in [4.69, 9.17) is 13.7 Å². The first-order chi connectivity index (χ1) is 11.9. The topological polar surface area (TPSA) is 86.2 Å². The summed E-state index contributed by atoms with van der Waals surface area (Å²) in [4.78, 5) is 4.28. The van der Waals surface area contributed by atoms with Gasteiger partial charge in [-0.15, -0.1) is 5.10 Å². The van der Waals surface area contributed by atoms with Crippen molar-refractivity contribution in [2.75, 3.05) is 5.32 Å². The molecule has 1 aliphatic rings. The highest BCUT2D eigenvalue weighted by molar-refractivity contribution is 5.94. The highest BCUT2D eigenvalue weighted by atomic mass is 16.5. The normalized spacial score (nSPS) is 12.0. The molecule has 0 radical (unpaired) electrons. The van der Waals surface area contributed by atoms with Crippen molar-refractivity contribution in [3.8, 4) is 34.2 Å². The van der Waals surface area contributed by atoms with Crippen molar-refractivity contribution in [2.45, 2.75) is 0 Å². The number of fused-ring (bicyclic) bond motifs is 2. The van der Waals surface area contributed by atoms with E-state index in [1.165, 1.54) is 12.5 Å². The van der Waals surface area contributed by atoms with Crippen molar-refractivity contribution in [3.63, 3.8) is 0 Å². The lowest BCUT2D eigenvalue weighted by atomic mass is 10.0. The Morgan fingerprint density at radius 1 is 1.00 bits per heavy atom. The van der Waals surface area contributed by atoms with Crippen molar-refractivity contribution < 1.29 is 13.7 Å². The molecule has 5 rings (SSSR count). The highest BCUT2D eigenvalue weighted by Crippen LogP contribution is 2.49. The Balaban J connectivity index is 1.77. The first kappa shape index (κ1) is 12.9. The van der Waals surface area contributed by atoms with Crippen LogP contribution in [0.15, 0.2) is 64.1 Å². The summed E-state index contributed by atoms with van der Waals surface area (Å²) in [6.07, 6.45) is 4.60. The molecule has 0 aliphatic carbocycles. The maximum atomic E-state index is 6.00. The van der Waals surface area contributed by atoms with Gasteiger partial charge in [0, 0.05) is 10.8 Å². The van der Waals surface area contributed by atoms with Crippen molar-refractivity contribution in [1.82, 2.24) is 15.4 Å². The van der Waals surface area contributed by atoms with Crippen LogP contribution in [0, 0.1) is 0 Å². The zero-order valence-corrected chi connectivity index (χ0v) is 12.3. The van der Waals surface area contributed by atoms with Gasteiger partial charge in [0.2, 0.25) is 5.89 Å². The minimum atomic E-state index is 0.459. The quantitative estimate of drug-likeness (QED) is 0.521. The van der Waals surface area contributed by atoms with E-state index in [1.54, 1.807) is 6.20 Å². The summed E-state index contributed by atoms with van der Waals surface area (Å²) in [6, 6.07) is 11.5. The second-order valence-electron chi connectivity index (χ2n) is 5.21. The molecule has 0 amide bonds. The minimum absolute atomic E-state index is 0.459. The smallest absolute Gasteiger partial charge is 0.228 e. The summed E-state index contributed by atoms with van der Waals surface area (Å²) >= 11 is 0. The van der Waals surface area contributed by atoms with Gasteiger partial charge in [-0.3, -0.25) is 0 Å². The monoisotopic (exact) mass is 318 g/mol. The van der Waals surface area contributed by atoms with E-state index in [9.17, 15) is 0 Å². The predicted molar refractivity (Wildman–Crippen MR) is 85.0 cm³/mol. The number of ether oxygens (including phenoxy) is 1. The first-order valence-electron chi connectivity index (χ1n) is 7.28. The van der Waals surface area contributed by atoms with E-state index in [0.29, 0.717) is 17.3 Å². The molecule has 2 aromatic heterocycles. The fraction of sp³-hybridized carbons (Fsp3) is 0. The van der Waals surface area contributed by atoms with Gasteiger partial charge >= 0.3 is 0 Å². The Bertz CT molecular complexity index is 1010. The summed E-state index contributed by atoms with van der Waals surface area (Å²) in [5, 5.41) is 10.9. The summed E-state index contributed by atoms with van der Waals surface area (Å²) in [6.45, 7) is 0. The molecule has 0 saturated heterocycles. The van der Waals surface area contributed by atoms with E-state index in [2.05, 4.69) is 20.7 Å². The number of anilines is 2. The van der Waals surface area contributed by atoms with Crippen LogP contribution >= 0.6 is 0 Å². The van der Waals surface area contributed by atoms with E-state index in [1.807, 2.05) is 36.4 Å². The molecule has 116 valence electrons. The van der Waals surface area contributed by atoms with Crippen molar-refractivity contribution in [1.29, 1.82) is 0 Å². The maximum absolute atomic E-state index is 6.00. The molecular weight excluding hydrogens is 308 g/mol.